The van der Waals surface area contributed by atoms with Gasteiger partial charge in [-0.3, -0.25) is 4.79 Å². The molecule has 1 aromatic carbocycles. The van der Waals surface area contributed by atoms with Crippen LogP contribution < -0.4 is 5.32 Å². The molecular formula is C14H17NOS. The number of rotatable bonds is 0. The molecule has 3 rings (SSSR count). The number of nitrogens with one attached hydrogen (secondary N) is 1. The molecule has 2 nitrogen and oxygen atoms in total. The second-order valence-electron chi connectivity index (χ2n) is 5.18. The van der Waals surface area contributed by atoms with Gasteiger partial charge in [-0.2, -0.15) is 0 Å². The Morgan fingerprint density at radius 1 is 1.29 bits per heavy atom. The first-order chi connectivity index (χ1) is 8.21. The lowest BCUT2D eigenvalue weighted by Crippen LogP contribution is -2.34. The first kappa shape index (κ1) is 11.1. The van der Waals surface area contributed by atoms with Crippen molar-refractivity contribution in [3.8, 4) is 0 Å². The fourth-order valence-corrected chi connectivity index (χ4v) is 4.25. The van der Waals surface area contributed by atoms with Crippen molar-refractivity contribution in [2.45, 2.75) is 37.5 Å². The van der Waals surface area contributed by atoms with Gasteiger partial charge in [-0.05, 0) is 31.4 Å². The molecule has 1 amide bonds. The van der Waals surface area contributed by atoms with Gasteiger partial charge in [0.25, 0.3) is 0 Å². The third-order valence-corrected chi connectivity index (χ3v) is 5.37. The molecule has 0 atom stereocenters. The van der Waals surface area contributed by atoms with Crippen molar-refractivity contribution >= 4 is 23.4 Å². The molecule has 1 spiro atoms. The molecule has 90 valence electrons. The number of anilines is 1. The van der Waals surface area contributed by atoms with E-state index in [-0.39, 0.29) is 11.3 Å². The van der Waals surface area contributed by atoms with Crippen LogP contribution in [-0.4, -0.2) is 11.7 Å². The third kappa shape index (κ3) is 1.77. The molecule has 3 heteroatoms. The molecule has 0 bridgehead atoms. The van der Waals surface area contributed by atoms with Gasteiger partial charge in [0.05, 0.1) is 11.1 Å². The van der Waals surface area contributed by atoms with Crippen LogP contribution in [0.25, 0.3) is 0 Å². The van der Waals surface area contributed by atoms with Gasteiger partial charge >= 0.3 is 0 Å². The minimum Gasteiger partial charge on any atom is -0.324 e. The Kier molecular flexibility index (Phi) is 2.66. The first-order valence-corrected chi connectivity index (χ1v) is 7.24. The summed E-state index contributed by atoms with van der Waals surface area (Å²) < 4.78 is 0. The van der Waals surface area contributed by atoms with Crippen LogP contribution in [0.1, 0.15) is 31.2 Å². The average Bonchev–Trinajstić information content (AvgIpc) is 2.74. The molecule has 1 aromatic rings. The zero-order valence-electron chi connectivity index (χ0n) is 10.1. The molecule has 1 aliphatic heterocycles. The summed E-state index contributed by atoms with van der Waals surface area (Å²) in [4.78, 5) is 13.7. The number of para-hydroxylation sites is 1. The summed E-state index contributed by atoms with van der Waals surface area (Å²) in [7, 11) is 0. The van der Waals surface area contributed by atoms with E-state index in [1.807, 2.05) is 11.8 Å². The van der Waals surface area contributed by atoms with Crippen molar-refractivity contribution in [2.24, 2.45) is 5.41 Å². The van der Waals surface area contributed by atoms with Crippen LogP contribution in [0.4, 0.5) is 5.69 Å². The summed E-state index contributed by atoms with van der Waals surface area (Å²) in [5.74, 6) is 1.19. The van der Waals surface area contributed by atoms with Crippen LogP contribution >= 0.6 is 11.8 Å². The highest BCUT2D eigenvalue weighted by Gasteiger charge is 2.42. The van der Waals surface area contributed by atoms with Crippen molar-refractivity contribution in [2.75, 3.05) is 11.1 Å². The third-order valence-electron chi connectivity index (χ3n) is 4.02. The molecule has 17 heavy (non-hydrogen) atoms. The minimum absolute atomic E-state index is 0.101. The van der Waals surface area contributed by atoms with Gasteiger partial charge in [0.15, 0.2) is 0 Å². The van der Waals surface area contributed by atoms with E-state index in [2.05, 4.69) is 30.4 Å². The quantitative estimate of drug-likeness (QED) is 0.759. The fourth-order valence-electron chi connectivity index (χ4n) is 2.87. The SMILES string of the molecule is Cc1cccc2c1NC(=O)C1(CCCC1)CS2. The van der Waals surface area contributed by atoms with E-state index in [1.165, 1.54) is 23.3 Å². The molecule has 1 aliphatic carbocycles. The lowest BCUT2D eigenvalue weighted by atomic mass is 9.87. The van der Waals surface area contributed by atoms with E-state index in [1.54, 1.807) is 0 Å². The van der Waals surface area contributed by atoms with Crippen molar-refractivity contribution in [1.82, 2.24) is 0 Å². The van der Waals surface area contributed by atoms with E-state index in [9.17, 15) is 4.79 Å². The standard InChI is InChI=1S/C14H17NOS/c1-10-5-4-6-11-12(10)15-13(16)14(9-17-11)7-2-3-8-14/h4-6H,2-3,7-9H2,1H3,(H,15,16). The van der Waals surface area contributed by atoms with Gasteiger partial charge in [0.2, 0.25) is 5.91 Å². The molecular weight excluding hydrogens is 230 g/mol. The Morgan fingerprint density at radius 3 is 2.82 bits per heavy atom. The van der Waals surface area contributed by atoms with Crippen molar-refractivity contribution in [3.63, 3.8) is 0 Å². The number of amides is 1. The highest BCUT2D eigenvalue weighted by Crippen LogP contribution is 2.47. The van der Waals surface area contributed by atoms with Crippen molar-refractivity contribution < 1.29 is 4.79 Å². The maximum absolute atomic E-state index is 12.4. The number of aryl methyl sites for hydroxylation is 1. The second-order valence-corrected chi connectivity index (χ2v) is 6.20. The van der Waals surface area contributed by atoms with Gasteiger partial charge < -0.3 is 5.32 Å². The second kappa shape index (κ2) is 4.05. The summed E-state index contributed by atoms with van der Waals surface area (Å²) in [6, 6.07) is 6.24. The molecule has 2 aliphatic rings. The van der Waals surface area contributed by atoms with E-state index in [0.717, 1.165) is 24.3 Å². The number of carbonyl (C=O) groups excluding carboxylic acids is 1. The Morgan fingerprint density at radius 2 is 2.06 bits per heavy atom. The normalized spacial score (nSPS) is 22.1. The van der Waals surface area contributed by atoms with Crippen LogP contribution in [0, 0.1) is 12.3 Å². The lowest BCUT2D eigenvalue weighted by molar-refractivity contribution is -0.124. The highest BCUT2D eigenvalue weighted by atomic mass is 32.2. The molecule has 0 aromatic heterocycles. The van der Waals surface area contributed by atoms with Crippen LogP contribution in [0.5, 0.6) is 0 Å². The largest absolute Gasteiger partial charge is 0.324 e. The minimum atomic E-state index is -0.101. The van der Waals surface area contributed by atoms with Crippen LogP contribution in [-0.2, 0) is 4.79 Å². The molecule has 1 N–H and O–H groups in total. The predicted molar refractivity (Wildman–Crippen MR) is 71.4 cm³/mol. The summed E-state index contributed by atoms with van der Waals surface area (Å²) in [5, 5.41) is 3.16. The van der Waals surface area contributed by atoms with Crippen LogP contribution in [0.3, 0.4) is 0 Å². The van der Waals surface area contributed by atoms with Crippen molar-refractivity contribution in [1.29, 1.82) is 0 Å². The molecule has 1 fully saturated rings. The van der Waals surface area contributed by atoms with Gasteiger partial charge in [-0.25, -0.2) is 0 Å². The Labute approximate surface area is 106 Å². The summed E-state index contributed by atoms with van der Waals surface area (Å²) in [6.45, 7) is 2.06. The molecule has 0 unspecified atom stereocenters. The zero-order valence-corrected chi connectivity index (χ0v) is 10.9. The number of fused-ring (bicyclic) bond motifs is 1. The van der Waals surface area contributed by atoms with E-state index in [4.69, 9.17) is 0 Å². The van der Waals surface area contributed by atoms with E-state index in [0.29, 0.717) is 0 Å². The number of carbonyl (C=O) groups is 1. The fraction of sp³-hybridized carbons (Fsp3) is 0.500. The Hall–Kier alpha value is -0.960. The van der Waals surface area contributed by atoms with Crippen LogP contribution in [0.15, 0.2) is 23.1 Å². The maximum atomic E-state index is 12.4. The van der Waals surface area contributed by atoms with Crippen LogP contribution in [0.2, 0.25) is 0 Å². The van der Waals surface area contributed by atoms with Gasteiger partial charge in [-0.15, -0.1) is 11.8 Å². The topological polar surface area (TPSA) is 29.1 Å². The van der Waals surface area contributed by atoms with Gasteiger partial charge in [-0.1, -0.05) is 25.0 Å². The summed E-state index contributed by atoms with van der Waals surface area (Å²) in [5.41, 5.74) is 2.10. The molecule has 0 saturated heterocycles. The Balaban J connectivity index is 1.99. The van der Waals surface area contributed by atoms with Crippen molar-refractivity contribution in [3.05, 3.63) is 23.8 Å². The smallest absolute Gasteiger partial charge is 0.231 e. The lowest BCUT2D eigenvalue weighted by Gasteiger charge is -2.24. The summed E-state index contributed by atoms with van der Waals surface area (Å²) >= 11 is 1.84. The number of benzene rings is 1. The Bertz CT molecular complexity index is 463. The van der Waals surface area contributed by atoms with Gasteiger partial charge in [0.1, 0.15) is 0 Å². The van der Waals surface area contributed by atoms with E-state index < -0.39 is 0 Å². The first-order valence-electron chi connectivity index (χ1n) is 6.25. The van der Waals surface area contributed by atoms with E-state index >= 15 is 0 Å². The number of hydrogen-bond acceptors (Lipinski definition) is 2. The molecule has 0 radical (unpaired) electrons. The molecule has 1 saturated carbocycles. The molecule has 1 heterocycles. The predicted octanol–water partition coefficient (Wildman–Crippen LogP) is 3.60. The highest BCUT2D eigenvalue weighted by molar-refractivity contribution is 7.99. The van der Waals surface area contributed by atoms with Gasteiger partial charge in [0, 0.05) is 10.6 Å². The zero-order chi connectivity index (χ0) is 11.9. The summed E-state index contributed by atoms with van der Waals surface area (Å²) in [6.07, 6.45) is 4.50. The monoisotopic (exact) mass is 247 g/mol. The average molecular weight is 247 g/mol. The number of hydrogen-bond donors (Lipinski definition) is 1. The maximum Gasteiger partial charge on any atom is 0.231 e. The number of thioether (sulfide) groups is 1.